The number of pyridine rings is 1. The van der Waals surface area contributed by atoms with Crippen molar-refractivity contribution in [3.05, 3.63) is 42.4 Å². The molecule has 0 saturated carbocycles. The number of aromatic nitrogens is 2. The van der Waals surface area contributed by atoms with Gasteiger partial charge in [0.25, 0.3) is 0 Å². The van der Waals surface area contributed by atoms with E-state index >= 15 is 0 Å². The minimum Gasteiger partial charge on any atom is -0.314 e. The lowest BCUT2D eigenvalue weighted by Crippen LogP contribution is -2.17. The van der Waals surface area contributed by atoms with Gasteiger partial charge in [-0.05, 0) is 32.2 Å². The average Bonchev–Trinajstić information content (AvgIpc) is 2.68. The van der Waals surface area contributed by atoms with Crippen LogP contribution in [-0.2, 0) is 0 Å². The van der Waals surface area contributed by atoms with E-state index < -0.39 is 0 Å². The van der Waals surface area contributed by atoms with Crippen LogP contribution in [0.3, 0.4) is 0 Å². The molecule has 0 fully saturated rings. The van der Waals surface area contributed by atoms with Gasteiger partial charge >= 0.3 is 0 Å². The van der Waals surface area contributed by atoms with Crippen LogP contribution in [-0.4, -0.2) is 22.5 Å². The third-order valence-corrected chi connectivity index (χ3v) is 2.39. The smallest absolute Gasteiger partial charge is 0.137 e. The van der Waals surface area contributed by atoms with Crippen molar-refractivity contribution in [2.24, 2.45) is 0 Å². The van der Waals surface area contributed by atoms with Crippen molar-refractivity contribution < 1.29 is 0 Å². The molecule has 1 atom stereocenters. The molecule has 2 aromatic heterocycles. The number of likely N-dealkylation sites (N-methyl/N-ethyl adjacent to an activating group) is 1. The maximum atomic E-state index is 4.47. The van der Waals surface area contributed by atoms with Crippen LogP contribution >= 0.6 is 0 Å². The number of nitrogens with zero attached hydrogens (tertiary/aromatic N) is 2. The summed E-state index contributed by atoms with van der Waals surface area (Å²) in [5.41, 5.74) is 1.97. The number of fused-ring (bicyclic) bond motifs is 1. The van der Waals surface area contributed by atoms with Gasteiger partial charge in [-0.1, -0.05) is 12.1 Å². The van der Waals surface area contributed by atoms with Gasteiger partial charge in [0.2, 0.25) is 0 Å². The maximum absolute atomic E-state index is 4.47. The van der Waals surface area contributed by atoms with Crippen LogP contribution in [0.25, 0.3) is 11.7 Å². The molecule has 0 aliphatic rings. The molecule has 78 valence electrons. The van der Waals surface area contributed by atoms with Crippen molar-refractivity contribution in [2.75, 3.05) is 7.05 Å². The lowest BCUT2D eigenvalue weighted by atomic mass is 10.3. The minimum atomic E-state index is 0.370. The Morgan fingerprint density at radius 3 is 3.07 bits per heavy atom. The Hall–Kier alpha value is -1.61. The van der Waals surface area contributed by atoms with Crippen molar-refractivity contribution in [1.29, 1.82) is 0 Å². The SMILES string of the molecule is CNC(C)/C=C/c1cn2ccccc2n1. The Morgan fingerprint density at radius 2 is 2.33 bits per heavy atom. The zero-order valence-corrected chi connectivity index (χ0v) is 9.01. The van der Waals surface area contributed by atoms with Gasteiger partial charge in [0.05, 0.1) is 5.69 Å². The molecule has 0 radical (unpaired) electrons. The fourth-order valence-electron chi connectivity index (χ4n) is 1.37. The summed E-state index contributed by atoms with van der Waals surface area (Å²) in [5, 5.41) is 3.15. The van der Waals surface area contributed by atoms with E-state index in [0.717, 1.165) is 11.3 Å². The summed E-state index contributed by atoms with van der Waals surface area (Å²) >= 11 is 0. The van der Waals surface area contributed by atoms with Crippen LogP contribution in [0.15, 0.2) is 36.7 Å². The fourth-order valence-corrected chi connectivity index (χ4v) is 1.37. The molecule has 0 amide bonds. The lowest BCUT2D eigenvalue weighted by Gasteiger charge is -2.00. The quantitative estimate of drug-likeness (QED) is 0.822. The Kier molecular flexibility index (Phi) is 2.83. The van der Waals surface area contributed by atoms with E-state index in [1.165, 1.54) is 0 Å². The van der Waals surface area contributed by atoms with Crippen molar-refractivity contribution in [3.8, 4) is 0 Å². The van der Waals surface area contributed by atoms with E-state index in [2.05, 4.69) is 23.3 Å². The molecule has 2 rings (SSSR count). The highest BCUT2D eigenvalue weighted by Crippen LogP contribution is 2.06. The molecule has 1 unspecified atom stereocenters. The Morgan fingerprint density at radius 1 is 1.47 bits per heavy atom. The molecule has 0 aliphatic heterocycles. The largest absolute Gasteiger partial charge is 0.314 e. The highest BCUT2D eigenvalue weighted by atomic mass is 15.0. The van der Waals surface area contributed by atoms with Crippen molar-refractivity contribution in [2.45, 2.75) is 13.0 Å². The normalized spacial score (nSPS) is 13.7. The molecule has 0 aromatic carbocycles. The van der Waals surface area contributed by atoms with Crippen molar-refractivity contribution >= 4 is 11.7 Å². The number of rotatable bonds is 3. The second kappa shape index (κ2) is 4.28. The van der Waals surface area contributed by atoms with Gasteiger partial charge < -0.3 is 9.72 Å². The van der Waals surface area contributed by atoms with Crippen LogP contribution in [0, 0.1) is 0 Å². The predicted octanol–water partition coefficient (Wildman–Crippen LogP) is 1.96. The summed E-state index contributed by atoms with van der Waals surface area (Å²) in [4.78, 5) is 4.47. The summed E-state index contributed by atoms with van der Waals surface area (Å²) in [6.07, 6.45) is 8.16. The molecule has 0 aliphatic carbocycles. The molecule has 0 saturated heterocycles. The van der Waals surface area contributed by atoms with E-state index in [9.17, 15) is 0 Å². The lowest BCUT2D eigenvalue weighted by molar-refractivity contribution is 0.731. The van der Waals surface area contributed by atoms with Crippen LogP contribution in [0.1, 0.15) is 12.6 Å². The van der Waals surface area contributed by atoms with E-state index in [1.54, 1.807) is 0 Å². The number of nitrogens with one attached hydrogen (secondary N) is 1. The van der Waals surface area contributed by atoms with Crippen LogP contribution in [0.5, 0.6) is 0 Å². The number of imidazole rings is 1. The van der Waals surface area contributed by atoms with Gasteiger partial charge in [-0.15, -0.1) is 0 Å². The van der Waals surface area contributed by atoms with Gasteiger partial charge in [-0.25, -0.2) is 4.98 Å². The molecular formula is C12H15N3. The number of hydrogen-bond donors (Lipinski definition) is 1. The van der Waals surface area contributed by atoms with Gasteiger partial charge in [0.15, 0.2) is 0 Å². The molecule has 2 heterocycles. The summed E-state index contributed by atoms with van der Waals surface area (Å²) in [6.45, 7) is 2.10. The van der Waals surface area contributed by atoms with Gasteiger partial charge in [-0.2, -0.15) is 0 Å². The molecular weight excluding hydrogens is 186 g/mol. The molecule has 2 aromatic rings. The summed E-state index contributed by atoms with van der Waals surface area (Å²) < 4.78 is 2.02. The van der Waals surface area contributed by atoms with Crippen molar-refractivity contribution in [3.63, 3.8) is 0 Å². The predicted molar refractivity (Wildman–Crippen MR) is 62.7 cm³/mol. The van der Waals surface area contributed by atoms with Crippen LogP contribution < -0.4 is 5.32 Å². The van der Waals surface area contributed by atoms with Gasteiger partial charge in [0.1, 0.15) is 5.65 Å². The molecule has 3 heteroatoms. The monoisotopic (exact) mass is 201 g/mol. The third kappa shape index (κ3) is 2.25. The van der Waals surface area contributed by atoms with Crippen LogP contribution in [0.2, 0.25) is 0 Å². The highest BCUT2D eigenvalue weighted by molar-refractivity contribution is 5.51. The standard InChI is InChI=1S/C12H15N3/c1-10(13-2)6-7-11-9-15-8-4-3-5-12(15)14-11/h3-10,13H,1-2H3/b7-6+. The minimum absolute atomic E-state index is 0.370. The van der Waals surface area contributed by atoms with E-state index in [4.69, 9.17) is 0 Å². The summed E-state index contributed by atoms with van der Waals surface area (Å²) in [6, 6.07) is 6.36. The Labute approximate surface area is 89.5 Å². The topological polar surface area (TPSA) is 29.3 Å². The van der Waals surface area contributed by atoms with E-state index in [-0.39, 0.29) is 0 Å². The first-order valence-electron chi connectivity index (χ1n) is 5.09. The summed E-state index contributed by atoms with van der Waals surface area (Å²) in [5.74, 6) is 0. The Balaban J connectivity index is 2.26. The molecule has 1 N–H and O–H groups in total. The first kappa shape index (κ1) is 9.93. The first-order valence-corrected chi connectivity index (χ1v) is 5.09. The van der Waals surface area contributed by atoms with E-state index in [0.29, 0.717) is 6.04 Å². The second-order valence-electron chi connectivity index (χ2n) is 3.57. The summed E-state index contributed by atoms with van der Waals surface area (Å²) in [7, 11) is 1.94. The zero-order chi connectivity index (χ0) is 10.7. The number of hydrogen-bond acceptors (Lipinski definition) is 2. The zero-order valence-electron chi connectivity index (χ0n) is 9.01. The first-order chi connectivity index (χ1) is 7.29. The second-order valence-corrected chi connectivity index (χ2v) is 3.57. The average molecular weight is 201 g/mol. The van der Waals surface area contributed by atoms with Gasteiger partial charge in [0, 0.05) is 18.4 Å². The van der Waals surface area contributed by atoms with Gasteiger partial charge in [-0.3, -0.25) is 0 Å². The van der Waals surface area contributed by atoms with E-state index in [1.807, 2.05) is 48.1 Å². The molecule has 3 nitrogen and oxygen atoms in total. The molecule has 15 heavy (non-hydrogen) atoms. The molecule has 0 bridgehead atoms. The Bertz CT molecular complexity index is 437. The van der Waals surface area contributed by atoms with Crippen molar-refractivity contribution in [1.82, 2.24) is 14.7 Å². The maximum Gasteiger partial charge on any atom is 0.137 e. The van der Waals surface area contributed by atoms with Crippen LogP contribution in [0.4, 0.5) is 0 Å². The molecule has 0 spiro atoms. The fraction of sp³-hybridized carbons (Fsp3) is 0.250. The third-order valence-electron chi connectivity index (χ3n) is 2.39. The highest BCUT2D eigenvalue weighted by Gasteiger charge is 1.97.